The summed E-state index contributed by atoms with van der Waals surface area (Å²) in [6, 6.07) is 32.3. The van der Waals surface area contributed by atoms with Crippen molar-refractivity contribution in [2.24, 2.45) is 0 Å². The monoisotopic (exact) mass is 978 g/mol. The molecule has 7 nitrogen and oxygen atoms in total. The van der Waals surface area contributed by atoms with Gasteiger partial charge in [0.25, 0.3) is 0 Å². The van der Waals surface area contributed by atoms with E-state index in [-0.39, 0.29) is 39.1 Å². The van der Waals surface area contributed by atoms with E-state index >= 15 is 0 Å². The predicted octanol–water partition coefficient (Wildman–Crippen LogP) is 16.3. The number of ketones is 1. The summed E-state index contributed by atoms with van der Waals surface area (Å²) in [5, 5.41) is 29.2. The lowest BCUT2D eigenvalue weighted by Gasteiger charge is -2.31. The topological polar surface area (TPSA) is 90.3 Å². The molecule has 382 valence electrons. The van der Waals surface area contributed by atoms with Crippen molar-refractivity contribution in [1.82, 2.24) is 9.13 Å². The number of rotatable bonds is 20. The van der Waals surface area contributed by atoms with Crippen LogP contribution in [0.25, 0.3) is 54.9 Å². The number of carboxylic acid groups (broad SMARTS) is 1. The maximum Gasteiger partial charge on any atom is 0.335 e. The summed E-state index contributed by atoms with van der Waals surface area (Å²) in [6.45, 7) is 23.9. The first-order chi connectivity index (χ1) is 34.8. The van der Waals surface area contributed by atoms with Crippen molar-refractivity contribution in [3.63, 3.8) is 0 Å². The minimum atomic E-state index is -0.972. The second-order valence-electron chi connectivity index (χ2n) is 23.9. The van der Waals surface area contributed by atoms with Crippen LogP contribution in [0, 0.1) is 0 Å². The summed E-state index contributed by atoms with van der Waals surface area (Å²) >= 11 is 0. The van der Waals surface area contributed by atoms with E-state index in [4.69, 9.17) is 0 Å². The lowest BCUT2D eigenvalue weighted by atomic mass is 9.77. The summed E-state index contributed by atoms with van der Waals surface area (Å²) in [6.07, 6.45) is 18.5. The number of nitrogens with zero attached hydrogens (tertiary/aromatic N) is 3. The summed E-state index contributed by atoms with van der Waals surface area (Å²) in [5.74, 6) is -1.45. The molecule has 1 aliphatic carbocycles. The van der Waals surface area contributed by atoms with Crippen molar-refractivity contribution < 1.29 is 24.4 Å². The summed E-state index contributed by atoms with van der Waals surface area (Å²) in [7, 11) is 0. The van der Waals surface area contributed by atoms with E-state index in [2.05, 4.69) is 150 Å². The van der Waals surface area contributed by atoms with Gasteiger partial charge in [-0.3, -0.25) is 4.79 Å². The molecule has 0 amide bonds. The fraction of sp³-hybridized carbons (Fsp3) is 0.439. The average Bonchev–Trinajstić information content (AvgIpc) is 3.92. The molecule has 0 radical (unpaired) electrons. The molecule has 0 saturated heterocycles. The van der Waals surface area contributed by atoms with Gasteiger partial charge in [0.15, 0.2) is 11.5 Å². The van der Waals surface area contributed by atoms with Crippen molar-refractivity contribution in [2.45, 2.75) is 182 Å². The number of carbonyl (C=O) groups is 2. The zero-order valence-electron chi connectivity index (χ0n) is 45.6. The van der Waals surface area contributed by atoms with E-state index in [0.717, 1.165) is 96.1 Å². The summed E-state index contributed by atoms with van der Waals surface area (Å²) in [4.78, 5) is 26.6. The fourth-order valence-electron chi connectivity index (χ4n) is 11.8. The Labute approximate surface area is 434 Å². The molecule has 0 atom stereocenters. The van der Waals surface area contributed by atoms with Crippen molar-refractivity contribution in [3.8, 4) is 5.69 Å². The third kappa shape index (κ3) is 9.86. The molecule has 7 heteroatoms. The van der Waals surface area contributed by atoms with Crippen LogP contribution >= 0.6 is 0 Å². The molecule has 0 bridgehead atoms. The fourth-order valence-corrected chi connectivity index (χ4v) is 11.8. The van der Waals surface area contributed by atoms with Gasteiger partial charge in [0.2, 0.25) is 5.69 Å². The quantitative estimate of drug-likeness (QED) is 0.0468. The number of fused-ring (bicyclic) bond motifs is 7. The number of allylic oxidation sites excluding steroid dienone is 3. The maximum atomic E-state index is 14.5. The standard InChI is InChI=1S/C66H79N3O4/c1-11-13-15-17-18-19-20-21-22-24-36-68-56-32-26-44(63(72)73)37-53(56)66(9,10)59(68)42-52-61(70)60(62(52)71)43-25-30-48-49-31-29-47(41-58(49)67(57(48)38-43)35-23-16-14-12-2)69-54-33-27-45(64(3,4)5)39-50(54)51-40-46(65(6,7)8)28-34-55(51)69/h25-34,37-42H,11-24,35-36H2,1-10H3,(H-,70,71,72,73). The van der Waals surface area contributed by atoms with Crippen molar-refractivity contribution in [3.05, 3.63) is 136 Å². The van der Waals surface area contributed by atoms with Crippen molar-refractivity contribution in [1.29, 1.82) is 0 Å². The molecular weight excluding hydrogens is 899 g/mol. The van der Waals surface area contributed by atoms with Crippen LogP contribution in [0.3, 0.4) is 0 Å². The van der Waals surface area contributed by atoms with Gasteiger partial charge in [0, 0.05) is 74.6 Å². The van der Waals surface area contributed by atoms with Crippen LogP contribution < -0.4 is 5.11 Å². The van der Waals surface area contributed by atoms with Gasteiger partial charge in [-0.15, -0.1) is 0 Å². The van der Waals surface area contributed by atoms with Crippen molar-refractivity contribution >= 4 is 72.3 Å². The number of benzene rings is 5. The number of aromatic nitrogens is 2. The molecule has 0 saturated carbocycles. The molecule has 0 unspecified atom stereocenters. The summed E-state index contributed by atoms with van der Waals surface area (Å²) < 4.78 is 7.08. The van der Waals surface area contributed by atoms with Crippen LogP contribution in [-0.2, 0) is 27.6 Å². The van der Waals surface area contributed by atoms with E-state index < -0.39 is 11.4 Å². The third-order valence-electron chi connectivity index (χ3n) is 16.2. The number of hydrogen-bond acceptors (Lipinski definition) is 3. The molecule has 2 aliphatic rings. The Balaban J connectivity index is 1.09. The molecule has 73 heavy (non-hydrogen) atoms. The number of hydrogen-bond donors (Lipinski definition) is 1. The Bertz CT molecular complexity index is 3300. The Kier molecular flexibility index (Phi) is 14.6. The van der Waals surface area contributed by atoms with Gasteiger partial charge in [-0.2, -0.15) is 4.58 Å². The highest BCUT2D eigenvalue weighted by molar-refractivity contribution is 6.40. The zero-order valence-corrected chi connectivity index (χ0v) is 45.6. The van der Waals surface area contributed by atoms with Crippen molar-refractivity contribution in [2.75, 3.05) is 6.54 Å². The lowest BCUT2D eigenvalue weighted by Crippen LogP contribution is -2.33. The number of unbranched alkanes of at least 4 members (excludes halogenated alkanes) is 12. The van der Waals surface area contributed by atoms with E-state index in [1.165, 1.54) is 84.3 Å². The summed E-state index contributed by atoms with van der Waals surface area (Å²) in [5.41, 5.74) is 11.7. The molecule has 0 spiro atoms. The highest BCUT2D eigenvalue weighted by Crippen LogP contribution is 2.45. The Morgan fingerprint density at radius 1 is 0.630 bits per heavy atom. The van der Waals surface area contributed by atoms with E-state index in [9.17, 15) is 19.8 Å². The Morgan fingerprint density at radius 2 is 1.18 bits per heavy atom. The van der Waals surface area contributed by atoms with E-state index in [1.807, 2.05) is 18.2 Å². The van der Waals surface area contributed by atoms with Gasteiger partial charge in [-0.25, -0.2) is 4.79 Å². The minimum absolute atomic E-state index is 0.00665. The predicted molar refractivity (Wildman–Crippen MR) is 303 cm³/mol. The molecule has 5 aromatic carbocycles. The molecule has 2 aromatic heterocycles. The Morgan fingerprint density at radius 3 is 1.74 bits per heavy atom. The van der Waals surface area contributed by atoms with Gasteiger partial charge in [0.05, 0.1) is 27.5 Å². The van der Waals surface area contributed by atoms with E-state index in [0.29, 0.717) is 5.56 Å². The molecule has 0 fully saturated rings. The van der Waals surface area contributed by atoms with Crippen LogP contribution in [0.5, 0.6) is 0 Å². The van der Waals surface area contributed by atoms with Crippen LogP contribution in [0.15, 0.2) is 108 Å². The van der Waals surface area contributed by atoms with Gasteiger partial charge >= 0.3 is 5.97 Å². The van der Waals surface area contributed by atoms with Gasteiger partial charge in [-0.1, -0.05) is 162 Å². The van der Waals surface area contributed by atoms with Crippen LogP contribution in [0.2, 0.25) is 0 Å². The second kappa shape index (κ2) is 20.6. The molecule has 1 aliphatic heterocycles. The second-order valence-corrected chi connectivity index (χ2v) is 23.9. The van der Waals surface area contributed by atoms with Crippen LogP contribution in [-0.4, -0.2) is 42.8 Å². The largest absolute Gasteiger partial charge is 0.871 e. The lowest BCUT2D eigenvalue weighted by molar-refractivity contribution is -0.438. The highest BCUT2D eigenvalue weighted by atomic mass is 16.4. The molecule has 9 rings (SSSR count). The first-order valence-electron chi connectivity index (χ1n) is 27.7. The number of carbonyl (C=O) groups excluding carboxylic acids is 1. The minimum Gasteiger partial charge on any atom is -0.871 e. The zero-order chi connectivity index (χ0) is 52.0. The molecule has 3 heterocycles. The van der Waals surface area contributed by atoms with Crippen LogP contribution in [0.4, 0.5) is 5.69 Å². The van der Waals surface area contributed by atoms with Gasteiger partial charge < -0.3 is 19.3 Å². The molecule has 7 aromatic rings. The first kappa shape index (κ1) is 51.7. The van der Waals surface area contributed by atoms with Crippen LogP contribution in [0.1, 0.15) is 192 Å². The SMILES string of the molecule is CCCCCCCCCCCC[N+]1=C(C=C2C(=O)C(c3ccc4c5ccc(-n6c7ccc(C(C)(C)C)cc7c7cc(C(C)(C)C)ccc76)cc5n(CCCCCC)c4c3)=C2[O-])C(C)(C)c2cc(C(=O)O)ccc21. The molecular formula is C66H79N3O4. The number of aryl methyl sites for hydroxylation is 1. The molecule has 1 N–H and O–H groups in total. The third-order valence-corrected chi connectivity index (χ3v) is 16.2. The Hall–Kier alpha value is -6.21. The first-order valence-corrected chi connectivity index (χ1v) is 27.7. The normalized spacial score (nSPS) is 15.5. The maximum absolute atomic E-state index is 14.5. The highest BCUT2D eigenvalue weighted by Gasteiger charge is 2.46. The number of aromatic carboxylic acids is 1. The smallest absolute Gasteiger partial charge is 0.335 e. The van der Waals surface area contributed by atoms with Gasteiger partial charge in [-0.05, 0) is 109 Å². The number of carboxylic acids is 1. The van der Waals surface area contributed by atoms with Gasteiger partial charge in [0.1, 0.15) is 6.54 Å². The average molecular weight is 978 g/mol. The van der Waals surface area contributed by atoms with E-state index in [1.54, 1.807) is 12.1 Å². The number of Topliss-reactive ketones (excluding diaryl/α,β-unsaturated/α-hetero) is 1.